The van der Waals surface area contributed by atoms with Gasteiger partial charge < -0.3 is 10.0 Å². The van der Waals surface area contributed by atoms with Gasteiger partial charge in [0.1, 0.15) is 5.41 Å². The summed E-state index contributed by atoms with van der Waals surface area (Å²) in [5.74, 6) is -0.909. The van der Waals surface area contributed by atoms with Crippen LogP contribution in [-0.2, 0) is 10.2 Å². The number of thiazole rings is 1. The van der Waals surface area contributed by atoms with E-state index in [2.05, 4.69) is 11.1 Å². The lowest BCUT2D eigenvalue weighted by molar-refractivity contribution is -0.142. The number of hydrogen-bond donors (Lipinski definition) is 1. The van der Waals surface area contributed by atoms with E-state index in [1.165, 1.54) is 11.3 Å². The molecule has 0 amide bonds. The summed E-state index contributed by atoms with van der Waals surface area (Å²) in [6, 6.07) is 9.28. The van der Waals surface area contributed by atoms with Crippen molar-refractivity contribution in [3.63, 3.8) is 0 Å². The molecule has 0 spiro atoms. The van der Waals surface area contributed by atoms with E-state index in [0.717, 1.165) is 5.69 Å². The average molecular weight is 301 g/mol. The van der Waals surface area contributed by atoms with E-state index in [9.17, 15) is 9.90 Å². The Bertz CT molecular complexity index is 716. The molecule has 5 nitrogen and oxygen atoms in total. The lowest BCUT2D eigenvalue weighted by atomic mass is 9.90. The van der Waals surface area contributed by atoms with Gasteiger partial charge in [0, 0.05) is 18.1 Å². The van der Waals surface area contributed by atoms with Crippen molar-refractivity contribution in [2.24, 2.45) is 0 Å². The van der Waals surface area contributed by atoms with Crippen molar-refractivity contribution in [2.45, 2.75) is 19.3 Å². The van der Waals surface area contributed by atoms with Crippen molar-refractivity contribution >= 4 is 28.1 Å². The molecule has 0 fully saturated rings. The second kappa shape index (κ2) is 5.54. The number of rotatable bonds is 4. The number of carboxylic acids is 1. The van der Waals surface area contributed by atoms with E-state index < -0.39 is 11.4 Å². The highest BCUT2D eigenvalue weighted by atomic mass is 32.1. The van der Waals surface area contributed by atoms with Gasteiger partial charge in [-0.15, -0.1) is 11.3 Å². The van der Waals surface area contributed by atoms with E-state index >= 15 is 0 Å². The molecule has 0 saturated heterocycles. The van der Waals surface area contributed by atoms with E-state index in [4.69, 9.17) is 5.26 Å². The van der Waals surface area contributed by atoms with Crippen LogP contribution in [0.15, 0.2) is 29.6 Å². The third-order valence-electron chi connectivity index (χ3n) is 3.32. The number of aliphatic carboxylic acids is 1. The summed E-state index contributed by atoms with van der Waals surface area (Å²) in [5, 5.41) is 20.6. The first-order valence-corrected chi connectivity index (χ1v) is 7.17. The third-order valence-corrected chi connectivity index (χ3v) is 4.23. The number of anilines is 2. The quantitative estimate of drug-likeness (QED) is 0.938. The van der Waals surface area contributed by atoms with Crippen LogP contribution in [0.3, 0.4) is 0 Å². The Hall–Kier alpha value is -2.39. The highest BCUT2D eigenvalue weighted by Gasteiger charge is 2.32. The summed E-state index contributed by atoms with van der Waals surface area (Å²) >= 11 is 1.38. The van der Waals surface area contributed by atoms with Crippen LogP contribution < -0.4 is 4.90 Å². The van der Waals surface area contributed by atoms with Crippen molar-refractivity contribution in [2.75, 3.05) is 11.9 Å². The maximum atomic E-state index is 11.3. The van der Waals surface area contributed by atoms with Crippen LogP contribution >= 0.6 is 11.3 Å². The Morgan fingerprint density at radius 1 is 1.48 bits per heavy atom. The summed E-state index contributed by atoms with van der Waals surface area (Å²) in [7, 11) is 1.84. The third kappa shape index (κ3) is 2.88. The Kier molecular flexibility index (Phi) is 3.96. The van der Waals surface area contributed by atoms with Crippen molar-refractivity contribution in [1.29, 1.82) is 5.26 Å². The molecule has 1 aromatic carbocycles. The number of hydrogen-bond acceptors (Lipinski definition) is 5. The standard InChI is InChI=1S/C15H15N3O2S/c1-15(2,13(19)20)12-9-21-14(17-12)18(3)11-6-4-5-10(7-11)8-16/h4-7,9H,1-3H3,(H,19,20). The lowest BCUT2D eigenvalue weighted by Gasteiger charge is -2.18. The molecule has 1 aromatic heterocycles. The largest absolute Gasteiger partial charge is 0.481 e. The minimum atomic E-state index is -1.02. The van der Waals surface area contributed by atoms with Crippen molar-refractivity contribution < 1.29 is 9.90 Å². The van der Waals surface area contributed by atoms with Gasteiger partial charge in [0.15, 0.2) is 5.13 Å². The molecule has 0 radical (unpaired) electrons. The molecule has 1 heterocycles. The van der Waals surface area contributed by atoms with Gasteiger partial charge in [-0.1, -0.05) is 6.07 Å². The fourth-order valence-corrected chi connectivity index (χ4v) is 2.69. The molecular weight excluding hydrogens is 286 g/mol. The molecule has 0 unspecified atom stereocenters. The van der Waals surface area contributed by atoms with Crippen LogP contribution in [0.2, 0.25) is 0 Å². The predicted octanol–water partition coefficient (Wildman–Crippen LogP) is 3.14. The molecule has 0 aliphatic carbocycles. The maximum absolute atomic E-state index is 11.3. The van der Waals surface area contributed by atoms with Crippen LogP contribution in [0.4, 0.5) is 10.8 Å². The fraction of sp³-hybridized carbons (Fsp3) is 0.267. The smallest absolute Gasteiger partial charge is 0.315 e. The highest BCUT2D eigenvalue weighted by molar-refractivity contribution is 7.13. The Labute approximate surface area is 127 Å². The minimum Gasteiger partial charge on any atom is -0.481 e. The van der Waals surface area contributed by atoms with Gasteiger partial charge in [0.25, 0.3) is 0 Å². The van der Waals surface area contributed by atoms with Crippen molar-refractivity contribution in [3.8, 4) is 6.07 Å². The SMILES string of the molecule is CN(c1cccc(C#N)c1)c1nc(C(C)(C)C(=O)O)cs1. The van der Waals surface area contributed by atoms with Gasteiger partial charge in [-0.05, 0) is 32.0 Å². The first-order valence-electron chi connectivity index (χ1n) is 6.29. The lowest BCUT2D eigenvalue weighted by Crippen LogP contribution is -2.29. The summed E-state index contributed by atoms with van der Waals surface area (Å²) in [6.07, 6.45) is 0. The number of benzene rings is 1. The first-order chi connectivity index (χ1) is 9.86. The molecular formula is C15H15N3O2S. The molecule has 0 aliphatic rings. The van der Waals surface area contributed by atoms with Gasteiger partial charge >= 0.3 is 5.97 Å². The fourth-order valence-electron chi connectivity index (χ4n) is 1.71. The van der Waals surface area contributed by atoms with Crippen molar-refractivity contribution in [1.82, 2.24) is 4.98 Å². The Morgan fingerprint density at radius 3 is 2.81 bits per heavy atom. The summed E-state index contributed by atoms with van der Waals surface area (Å²) in [6.45, 7) is 3.26. The van der Waals surface area contributed by atoms with Crippen LogP contribution in [0.1, 0.15) is 25.1 Å². The van der Waals surface area contributed by atoms with Crippen molar-refractivity contribution in [3.05, 3.63) is 40.9 Å². The monoisotopic (exact) mass is 301 g/mol. The molecule has 6 heteroatoms. The van der Waals surface area contributed by atoms with E-state index in [1.54, 1.807) is 37.4 Å². The number of nitrogens with zero attached hydrogens (tertiary/aromatic N) is 3. The second-order valence-electron chi connectivity index (χ2n) is 5.17. The Morgan fingerprint density at radius 2 is 2.19 bits per heavy atom. The minimum absolute atomic E-state index is 0.526. The zero-order chi connectivity index (χ0) is 15.6. The zero-order valence-electron chi connectivity index (χ0n) is 12.0. The normalized spacial score (nSPS) is 11.0. The molecule has 0 bridgehead atoms. The van der Waals surface area contributed by atoms with Crippen LogP contribution in [-0.4, -0.2) is 23.1 Å². The molecule has 21 heavy (non-hydrogen) atoms. The van der Waals surface area contributed by atoms with E-state index in [0.29, 0.717) is 16.4 Å². The van der Waals surface area contributed by atoms with Crippen LogP contribution in [0.5, 0.6) is 0 Å². The highest BCUT2D eigenvalue weighted by Crippen LogP contribution is 2.32. The summed E-state index contributed by atoms with van der Waals surface area (Å²) in [5.41, 5.74) is 0.910. The van der Waals surface area contributed by atoms with Crippen LogP contribution in [0.25, 0.3) is 0 Å². The predicted molar refractivity (Wildman–Crippen MR) is 82.0 cm³/mol. The topological polar surface area (TPSA) is 77.2 Å². The van der Waals surface area contributed by atoms with Crippen LogP contribution in [0, 0.1) is 11.3 Å². The number of nitriles is 1. The molecule has 0 saturated carbocycles. The summed E-state index contributed by atoms with van der Waals surface area (Å²) < 4.78 is 0. The molecule has 0 aliphatic heterocycles. The zero-order valence-corrected chi connectivity index (χ0v) is 12.8. The Balaban J connectivity index is 2.33. The number of carbonyl (C=O) groups is 1. The first kappa shape index (κ1) is 15.0. The molecule has 2 rings (SSSR count). The van der Waals surface area contributed by atoms with E-state index in [-0.39, 0.29) is 0 Å². The van der Waals surface area contributed by atoms with E-state index in [1.807, 2.05) is 18.0 Å². The molecule has 1 N–H and O–H groups in total. The molecule has 0 atom stereocenters. The number of aromatic nitrogens is 1. The summed E-state index contributed by atoms with van der Waals surface area (Å²) in [4.78, 5) is 17.5. The van der Waals surface area contributed by atoms with Gasteiger partial charge in [-0.3, -0.25) is 4.79 Å². The maximum Gasteiger partial charge on any atom is 0.315 e. The number of carboxylic acid groups (broad SMARTS) is 1. The average Bonchev–Trinajstić information content (AvgIpc) is 2.96. The second-order valence-corrected chi connectivity index (χ2v) is 6.00. The van der Waals surface area contributed by atoms with Gasteiger partial charge in [-0.2, -0.15) is 5.26 Å². The molecule has 2 aromatic rings. The van der Waals surface area contributed by atoms with Gasteiger partial charge in [-0.25, -0.2) is 4.98 Å². The van der Waals surface area contributed by atoms with Gasteiger partial charge in [0.2, 0.25) is 0 Å². The van der Waals surface area contributed by atoms with Gasteiger partial charge in [0.05, 0.1) is 17.3 Å². The molecule has 108 valence electrons.